The van der Waals surface area contributed by atoms with Gasteiger partial charge in [0.1, 0.15) is 6.04 Å². The van der Waals surface area contributed by atoms with Crippen LogP contribution in [0.25, 0.3) is 0 Å². The molecule has 0 spiro atoms. The minimum Gasteiger partial charge on any atom is -0.249 e. The van der Waals surface area contributed by atoms with E-state index in [1.165, 1.54) is 6.20 Å². The Morgan fingerprint density at radius 1 is 1.69 bits per heavy atom. The number of rotatable bonds is 5. The molecule has 0 amide bonds. The van der Waals surface area contributed by atoms with Crippen molar-refractivity contribution in [3.63, 3.8) is 0 Å². The molecule has 1 aromatic rings. The topological polar surface area (TPSA) is 82.9 Å². The number of hydrogen-bond donors (Lipinski definition) is 1. The number of hydrogen-bond acceptors (Lipinski definition) is 5. The van der Waals surface area contributed by atoms with E-state index in [-0.39, 0.29) is 4.21 Å². The van der Waals surface area contributed by atoms with E-state index in [9.17, 15) is 8.42 Å². The Bertz CT molecular complexity index is 487. The van der Waals surface area contributed by atoms with E-state index < -0.39 is 16.1 Å². The molecule has 1 aromatic heterocycles. The lowest BCUT2D eigenvalue weighted by molar-refractivity contribution is 0.564. The molecule has 0 radical (unpaired) electrons. The van der Waals surface area contributed by atoms with Crippen molar-refractivity contribution in [1.29, 1.82) is 5.26 Å². The van der Waals surface area contributed by atoms with E-state index in [0.717, 1.165) is 17.8 Å². The molecule has 0 aromatic carbocycles. The van der Waals surface area contributed by atoms with Crippen LogP contribution in [0, 0.1) is 18.3 Å². The lowest BCUT2D eigenvalue weighted by atomic mass is 10.2. The molecule has 1 rings (SSSR count). The third kappa shape index (κ3) is 3.27. The Morgan fingerprint density at radius 3 is 2.81 bits per heavy atom. The van der Waals surface area contributed by atoms with Gasteiger partial charge in [-0.1, -0.05) is 13.3 Å². The summed E-state index contributed by atoms with van der Waals surface area (Å²) in [4.78, 5) is 3.88. The standard InChI is InChI=1S/C9H13N3O2S2/c1-3-4-8(5-10)12-16(13,14)9-6-11-7(2)15-9/h6,8,12H,3-4H2,1-2H3. The van der Waals surface area contributed by atoms with E-state index in [0.29, 0.717) is 11.4 Å². The molecular formula is C9H13N3O2S2. The molecule has 88 valence electrons. The molecule has 0 saturated heterocycles. The average Bonchev–Trinajstić information content (AvgIpc) is 2.64. The summed E-state index contributed by atoms with van der Waals surface area (Å²) in [5.41, 5.74) is 0. The van der Waals surface area contributed by atoms with Crippen molar-refractivity contribution in [2.75, 3.05) is 0 Å². The lowest BCUT2D eigenvalue weighted by Gasteiger charge is -2.08. The zero-order chi connectivity index (χ0) is 12.2. The Kier molecular flexibility index (Phi) is 4.41. The largest absolute Gasteiger partial charge is 0.252 e. The Hall–Kier alpha value is -0.970. The highest BCUT2D eigenvalue weighted by molar-refractivity contribution is 7.91. The first-order valence-electron chi connectivity index (χ1n) is 4.84. The van der Waals surface area contributed by atoms with Crippen molar-refractivity contribution in [3.8, 4) is 6.07 Å². The normalized spacial score (nSPS) is 13.3. The summed E-state index contributed by atoms with van der Waals surface area (Å²) in [5, 5.41) is 9.47. The van der Waals surface area contributed by atoms with Crippen LogP contribution < -0.4 is 4.72 Å². The SMILES string of the molecule is CCCC(C#N)NS(=O)(=O)c1cnc(C)s1. The Balaban J connectivity index is 2.84. The zero-order valence-corrected chi connectivity index (χ0v) is 10.7. The fourth-order valence-corrected chi connectivity index (χ4v) is 3.45. The third-order valence-corrected chi connectivity index (χ3v) is 4.74. The van der Waals surface area contributed by atoms with Crippen LogP contribution in [0.3, 0.4) is 0 Å². The molecule has 7 heteroatoms. The first kappa shape index (κ1) is 13.1. The van der Waals surface area contributed by atoms with E-state index >= 15 is 0 Å². The second-order valence-electron chi connectivity index (χ2n) is 3.29. The maximum Gasteiger partial charge on any atom is 0.252 e. The first-order valence-corrected chi connectivity index (χ1v) is 7.14. The minimum absolute atomic E-state index is 0.154. The van der Waals surface area contributed by atoms with E-state index in [1.54, 1.807) is 6.92 Å². The van der Waals surface area contributed by atoms with Crippen molar-refractivity contribution in [1.82, 2.24) is 9.71 Å². The summed E-state index contributed by atoms with van der Waals surface area (Å²) in [7, 11) is -3.59. The molecule has 0 aliphatic carbocycles. The van der Waals surface area contributed by atoms with E-state index in [4.69, 9.17) is 5.26 Å². The predicted octanol–water partition coefficient (Wildman–Crippen LogP) is 1.42. The van der Waals surface area contributed by atoms with Crippen LogP contribution >= 0.6 is 11.3 Å². The van der Waals surface area contributed by atoms with Gasteiger partial charge in [0.25, 0.3) is 10.0 Å². The van der Waals surface area contributed by atoms with E-state index in [1.807, 2.05) is 13.0 Å². The monoisotopic (exact) mass is 259 g/mol. The molecular weight excluding hydrogens is 246 g/mol. The molecule has 0 saturated carbocycles. The highest BCUT2D eigenvalue weighted by Gasteiger charge is 2.21. The second kappa shape index (κ2) is 5.39. The summed E-state index contributed by atoms with van der Waals surface area (Å²) in [6, 6.07) is 1.26. The fraction of sp³-hybridized carbons (Fsp3) is 0.556. The van der Waals surface area contributed by atoms with Crippen LogP contribution in [-0.4, -0.2) is 19.4 Å². The van der Waals surface area contributed by atoms with E-state index in [2.05, 4.69) is 9.71 Å². The van der Waals surface area contributed by atoms with Gasteiger partial charge in [0.05, 0.1) is 17.3 Å². The zero-order valence-electron chi connectivity index (χ0n) is 9.10. The quantitative estimate of drug-likeness (QED) is 0.867. The van der Waals surface area contributed by atoms with Crippen molar-refractivity contribution >= 4 is 21.4 Å². The van der Waals surface area contributed by atoms with Gasteiger partial charge in [-0.2, -0.15) is 9.98 Å². The van der Waals surface area contributed by atoms with Gasteiger partial charge in [-0.15, -0.1) is 11.3 Å². The maximum atomic E-state index is 11.8. The molecule has 5 nitrogen and oxygen atoms in total. The molecule has 1 atom stereocenters. The van der Waals surface area contributed by atoms with Crippen LogP contribution in [-0.2, 0) is 10.0 Å². The molecule has 0 aliphatic heterocycles. The molecule has 0 bridgehead atoms. The minimum atomic E-state index is -3.59. The smallest absolute Gasteiger partial charge is 0.249 e. The number of sulfonamides is 1. The van der Waals surface area contributed by atoms with Gasteiger partial charge < -0.3 is 0 Å². The molecule has 1 N–H and O–H groups in total. The van der Waals surface area contributed by atoms with Crippen molar-refractivity contribution < 1.29 is 8.42 Å². The summed E-state index contributed by atoms with van der Waals surface area (Å²) in [6.45, 7) is 3.63. The number of aryl methyl sites for hydroxylation is 1. The van der Waals surface area contributed by atoms with Gasteiger partial charge in [-0.3, -0.25) is 0 Å². The number of nitrogens with zero attached hydrogens (tertiary/aromatic N) is 2. The first-order chi connectivity index (χ1) is 7.49. The predicted molar refractivity (Wildman–Crippen MR) is 61.5 cm³/mol. The van der Waals surface area contributed by atoms with Gasteiger partial charge in [-0.05, 0) is 13.3 Å². The molecule has 0 fully saturated rings. The van der Waals surface area contributed by atoms with Gasteiger partial charge in [0, 0.05) is 0 Å². The third-order valence-electron chi connectivity index (χ3n) is 1.90. The maximum absolute atomic E-state index is 11.8. The average molecular weight is 259 g/mol. The Morgan fingerprint density at radius 2 is 2.38 bits per heavy atom. The number of thiazole rings is 1. The van der Waals surface area contributed by atoms with Crippen molar-refractivity contribution in [3.05, 3.63) is 11.2 Å². The van der Waals surface area contributed by atoms with Crippen LogP contribution in [0.15, 0.2) is 10.4 Å². The highest BCUT2D eigenvalue weighted by Crippen LogP contribution is 2.18. The van der Waals surface area contributed by atoms with Crippen molar-refractivity contribution in [2.24, 2.45) is 0 Å². The molecule has 16 heavy (non-hydrogen) atoms. The fourth-order valence-electron chi connectivity index (χ4n) is 1.15. The molecule has 0 aliphatic rings. The lowest BCUT2D eigenvalue weighted by Crippen LogP contribution is -2.33. The van der Waals surface area contributed by atoms with Gasteiger partial charge in [0.15, 0.2) is 4.21 Å². The summed E-state index contributed by atoms with van der Waals surface area (Å²) >= 11 is 1.09. The summed E-state index contributed by atoms with van der Waals surface area (Å²) in [5.74, 6) is 0. The van der Waals surface area contributed by atoms with Crippen LogP contribution in [0.5, 0.6) is 0 Å². The Labute approximate surface area is 99.2 Å². The molecule has 1 unspecified atom stereocenters. The van der Waals surface area contributed by atoms with Gasteiger partial charge in [-0.25, -0.2) is 13.4 Å². The van der Waals surface area contributed by atoms with Crippen LogP contribution in [0.1, 0.15) is 24.8 Å². The number of nitrogens with one attached hydrogen (secondary N) is 1. The van der Waals surface area contributed by atoms with Gasteiger partial charge >= 0.3 is 0 Å². The number of aromatic nitrogens is 1. The van der Waals surface area contributed by atoms with Crippen molar-refractivity contribution in [2.45, 2.75) is 36.9 Å². The van der Waals surface area contributed by atoms with Crippen LogP contribution in [0.4, 0.5) is 0 Å². The second-order valence-corrected chi connectivity index (χ2v) is 6.47. The highest BCUT2D eigenvalue weighted by atomic mass is 32.2. The number of nitriles is 1. The van der Waals surface area contributed by atoms with Gasteiger partial charge in [0.2, 0.25) is 0 Å². The summed E-state index contributed by atoms with van der Waals surface area (Å²) in [6.07, 6.45) is 2.57. The molecule has 1 heterocycles. The van der Waals surface area contributed by atoms with Crippen LogP contribution in [0.2, 0.25) is 0 Å². The summed E-state index contributed by atoms with van der Waals surface area (Å²) < 4.78 is 26.1.